The standard InChI is InChI=1S/C8H7NOS/c1-5-4-9-8(10)6-2-3-11-7(5)6/h2,4H,3H2,1H3. The molecule has 2 aliphatic heterocycles. The lowest BCUT2D eigenvalue weighted by atomic mass is 10.1. The quantitative estimate of drug-likeness (QED) is 0.545. The van der Waals surface area contributed by atoms with Crippen LogP contribution in [0.2, 0.25) is 0 Å². The molecule has 2 nitrogen and oxygen atoms in total. The van der Waals surface area contributed by atoms with E-state index in [1.807, 2.05) is 13.0 Å². The zero-order chi connectivity index (χ0) is 7.84. The number of hydrogen-bond donors (Lipinski definition) is 0. The van der Waals surface area contributed by atoms with E-state index >= 15 is 0 Å². The molecule has 0 aliphatic carbocycles. The maximum atomic E-state index is 11.1. The Morgan fingerprint density at radius 2 is 2.45 bits per heavy atom. The zero-order valence-electron chi connectivity index (χ0n) is 6.13. The summed E-state index contributed by atoms with van der Waals surface area (Å²) in [5.74, 6) is 0.826. The van der Waals surface area contributed by atoms with E-state index in [0.29, 0.717) is 0 Å². The van der Waals surface area contributed by atoms with E-state index in [0.717, 1.165) is 21.8 Å². The Balaban J connectivity index is 2.54. The molecular weight excluding hydrogens is 158 g/mol. The average molecular weight is 165 g/mol. The fraction of sp³-hybridized carbons (Fsp3) is 0.250. The van der Waals surface area contributed by atoms with Gasteiger partial charge in [-0.1, -0.05) is 6.08 Å². The molecule has 0 aromatic heterocycles. The van der Waals surface area contributed by atoms with Crippen LogP contribution in [0.5, 0.6) is 0 Å². The number of hydrogen-bond acceptors (Lipinski definition) is 2. The number of thioether (sulfide) groups is 1. The minimum atomic E-state index is -0.0874. The number of carbonyl (C=O) groups is 1. The predicted molar refractivity (Wildman–Crippen MR) is 46.7 cm³/mol. The molecule has 0 atom stereocenters. The number of allylic oxidation sites excluding steroid dienone is 1. The van der Waals surface area contributed by atoms with Gasteiger partial charge in [0.05, 0.1) is 5.57 Å². The van der Waals surface area contributed by atoms with E-state index < -0.39 is 0 Å². The van der Waals surface area contributed by atoms with Crippen LogP contribution in [-0.2, 0) is 4.79 Å². The highest BCUT2D eigenvalue weighted by Gasteiger charge is 2.23. The first-order valence-corrected chi connectivity index (χ1v) is 4.40. The molecule has 0 radical (unpaired) electrons. The third-order valence-corrected chi connectivity index (χ3v) is 2.89. The Morgan fingerprint density at radius 3 is 3.18 bits per heavy atom. The number of fused-ring (bicyclic) bond motifs is 1. The summed E-state index contributed by atoms with van der Waals surface area (Å²) < 4.78 is 0. The van der Waals surface area contributed by atoms with Crippen molar-refractivity contribution in [2.75, 3.05) is 5.75 Å². The number of rotatable bonds is 0. The van der Waals surface area contributed by atoms with Gasteiger partial charge in [0.15, 0.2) is 0 Å². The minimum Gasteiger partial charge on any atom is -0.267 e. The van der Waals surface area contributed by atoms with Crippen LogP contribution in [0.1, 0.15) is 6.92 Å². The fourth-order valence-corrected chi connectivity index (χ4v) is 2.20. The van der Waals surface area contributed by atoms with Crippen LogP contribution >= 0.6 is 11.8 Å². The van der Waals surface area contributed by atoms with Gasteiger partial charge in [-0.3, -0.25) is 4.79 Å². The van der Waals surface area contributed by atoms with Gasteiger partial charge in [0.25, 0.3) is 5.91 Å². The second-order valence-electron chi connectivity index (χ2n) is 2.50. The lowest BCUT2D eigenvalue weighted by Crippen LogP contribution is -2.05. The number of dihydropyridines is 1. The van der Waals surface area contributed by atoms with Crippen LogP contribution in [0, 0.1) is 0 Å². The summed E-state index contributed by atoms with van der Waals surface area (Å²) >= 11 is 1.71. The van der Waals surface area contributed by atoms with E-state index in [1.165, 1.54) is 0 Å². The SMILES string of the molecule is CC1=C2SCC=C2C(=O)N=C1. The molecule has 56 valence electrons. The summed E-state index contributed by atoms with van der Waals surface area (Å²) in [6.45, 7) is 1.98. The van der Waals surface area contributed by atoms with Crippen LogP contribution in [0.25, 0.3) is 0 Å². The Kier molecular flexibility index (Phi) is 1.46. The molecule has 0 saturated carbocycles. The lowest BCUT2D eigenvalue weighted by molar-refractivity contribution is -0.114. The normalized spacial score (nSPS) is 22.3. The molecule has 0 unspecified atom stereocenters. The number of carbonyl (C=O) groups excluding carboxylic acids is 1. The second-order valence-corrected chi connectivity index (χ2v) is 3.53. The largest absolute Gasteiger partial charge is 0.277 e. The van der Waals surface area contributed by atoms with Crippen molar-refractivity contribution in [3.8, 4) is 0 Å². The third-order valence-electron chi connectivity index (χ3n) is 1.72. The van der Waals surface area contributed by atoms with Gasteiger partial charge in [-0.25, -0.2) is 4.99 Å². The van der Waals surface area contributed by atoms with Crippen LogP contribution in [0.4, 0.5) is 0 Å². The van der Waals surface area contributed by atoms with E-state index in [2.05, 4.69) is 4.99 Å². The molecule has 2 aliphatic rings. The summed E-state index contributed by atoms with van der Waals surface area (Å²) in [5.41, 5.74) is 1.91. The van der Waals surface area contributed by atoms with Gasteiger partial charge in [0, 0.05) is 16.9 Å². The van der Waals surface area contributed by atoms with Crippen LogP contribution in [-0.4, -0.2) is 17.9 Å². The Hall–Kier alpha value is -0.830. The summed E-state index contributed by atoms with van der Waals surface area (Å²) in [6.07, 6.45) is 3.59. The smallest absolute Gasteiger partial charge is 0.267 e. The summed E-state index contributed by atoms with van der Waals surface area (Å²) in [7, 11) is 0. The van der Waals surface area contributed by atoms with E-state index in [9.17, 15) is 4.79 Å². The van der Waals surface area contributed by atoms with Crippen LogP contribution in [0.3, 0.4) is 0 Å². The van der Waals surface area contributed by atoms with Gasteiger partial charge >= 0.3 is 0 Å². The number of nitrogens with zero attached hydrogens (tertiary/aromatic N) is 1. The monoisotopic (exact) mass is 165 g/mol. The maximum Gasteiger partial charge on any atom is 0.277 e. The van der Waals surface area contributed by atoms with Crippen molar-refractivity contribution in [2.45, 2.75) is 6.92 Å². The van der Waals surface area contributed by atoms with Gasteiger partial charge < -0.3 is 0 Å². The molecular formula is C8H7NOS. The highest BCUT2D eigenvalue weighted by molar-refractivity contribution is 8.03. The molecule has 0 fully saturated rings. The molecule has 2 rings (SSSR count). The topological polar surface area (TPSA) is 29.4 Å². The van der Waals surface area contributed by atoms with Crippen molar-refractivity contribution in [3.05, 3.63) is 22.1 Å². The molecule has 3 heteroatoms. The number of aliphatic imine (C=N–C) groups is 1. The molecule has 11 heavy (non-hydrogen) atoms. The van der Waals surface area contributed by atoms with Gasteiger partial charge in [-0.2, -0.15) is 0 Å². The first-order valence-electron chi connectivity index (χ1n) is 3.41. The third kappa shape index (κ3) is 0.959. The van der Waals surface area contributed by atoms with Crippen molar-refractivity contribution in [1.82, 2.24) is 0 Å². The highest BCUT2D eigenvalue weighted by atomic mass is 32.2. The lowest BCUT2D eigenvalue weighted by Gasteiger charge is -2.07. The number of amides is 1. The molecule has 2 heterocycles. The maximum absolute atomic E-state index is 11.1. The molecule has 0 aromatic rings. The zero-order valence-corrected chi connectivity index (χ0v) is 6.94. The van der Waals surface area contributed by atoms with E-state index in [4.69, 9.17) is 0 Å². The van der Waals surface area contributed by atoms with Crippen molar-refractivity contribution in [1.29, 1.82) is 0 Å². The highest BCUT2D eigenvalue weighted by Crippen LogP contribution is 2.35. The molecule has 0 N–H and O–H groups in total. The van der Waals surface area contributed by atoms with Crippen molar-refractivity contribution in [3.63, 3.8) is 0 Å². The van der Waals surface area contributed by atoms with Gasteiger partial charge in [0.2, 0.25) is 0 Å². The first kappa shape index (κ1) is 6.85. The fourth-order valence-electron chi connectivity index (χ4n) is 1.17. The Morgan fingerprint density at radius 1 is 1.64 bits per heavy atom. The van der Waals surface area contributed by atoms with Gasteiger partial charge in [-0.15, -0.1) is 11.8 Å². The summed E-state index contributed by atoms with van der Waals surface area (Å²) in [6, 6.07) is 0. The molecule has 0 spiro atoms. The molecule has 1 amide bonds. The predicted octanol–water partition coefficient (Wildman–Crippen LogP) is 1.54. The van der Waals surface area contributed by atoms with Gasteiger partial charge in [0.1, 0.15) is 0 Å². The first-order chi connectivity index (χ1) is 5.29. The Bertz CT molecular complexity index is 312. The van der Waals surface area contributed by atoms with E-state index in [-0.39, 0.29) is 5.91 Å². The Labute approximate surface area is 69.1 Å². The van der Waals surface area contributed by atoms with Gasteiger partial charge in [-0.05, 0) is 12.5 Å². The average Bonchev–Trinajstić information content (AvgIpc) is 2.45. The van der Waals surface area contributed by atoms with Crippen molar-refractivity contribution < 1.29 is 4.79 Å². The van der Waals surface area contributed by atoms with Crippen molar-refractivity contribution in [2.24, 2.45) is 4.99 Å². The second kappa shape index (κ2) is 2.34. The minimum absolute atomic E-state index is 0.0874. The molecule has 0 bridgehead atoms. The van der Waals surface area contributed by atoms with Crippen LogP contribution < -0.4 is 0 Å². The summed E-state index contributed by atoms with van der Waals surface area (Å²) in [5, 5.41) is 0. The molecule has 0 saturated heterocycles. The van der Waals surface area contributed by atoms with E-state index in [1.54, 1.807) is 18.0 Å². The van der Waals surface area contributed by atoms with Crippen molar-refractivity contribution >= 4 is 23.9 Å². The summed E-state index contributed by atoms with van der Waals surface area (Å²) in [4.78, 5) is 16.0. The van der Waals surface area contributed by atoms with Crippen LogP contribution in [0.15, 0.2) is 27.1 Å². The molecule has 0 aromatic carbocycles.